The quantitative estimate of drug-likeness (QED) is 0.785. The molecule has 0 saturated carbocycles. The fourth-order valence-corrected chi connectivity index (χ4v) is 2.93. The molecule has 0 spiro atoms. The lowest BCUT2D eigenvalue weighted by Crippen LogP contribution is -2.41. The number of anilines is 2. The van der Waals surface area contributed by atoms with Crippen molar-refractivity contribution in [3.8, 4) is 5.75 Å². The van der Waals surface area contributed by atoms with E-state index in [1.165, 1.54) is 6.07 Å². The maximum Gasteiger partial charge on any atom is 0.259 e. The second kappa shape index (κ2) is 7.21. The third-order valence-corrected chi connectivity index (χ3v) is 4.30. The molecule has 0 bridgehead atoms. The van der Waals surface area contributed by atoms with Gasteiger partial charge >= 0.3 is 0 Å². The van der Waals surface area contributed by atoms with E-state index in [0.717, 1.165) is 25.2 Å². The second-order valence-electron chi connectivity index (χ2n) is 6.06. The van der Waals surface area contributed by atoms with Gasteiger partial charge in [0.05, 0.1) is 23.4 Å². The highest BCUT2D eigenvalue weighted by Gasteiger charge is 2.24. The first-order valence-electron chi connectivity index (χ1n) is 8.14. The first-order chi connectivity index (χ1) is 12.0. The van der Waals surface area contributed by atoms with Crippen LogP contribution in [0.2, 0.25) is 0 Å². The third-order valence-electron chi connectivity index (χ3n) is 4.30. The zero-order chi connectivity index (χ0) is 17.8. The smallest absolute Gasteiger partial charge is 0.259 e. The normalized spacial score (nSPS) is 17.1. The Bertz CT molecular complexity index is 776. The van der Waals surface area contributed by atoms with Gasteiger partial charge in [0.1, 0.15) is 11.6 Å². The van der Waals surface area contributed by atoms with E-state index in [9.17, 15) is 14.7 Å². The Morgan fingerprint density at radius 1 is 1.24 bits per heavy atom. The number of hydrogen-bond acceptors (Lipinski definition) is 5. The van der Waals surface area contributed by atoms with Crippen LogP contribution >= 0.6 is 0 Å². The fraction of sp³-hybridized carbons (Fsp3) is 0.278. The van der Waals surface area contributed by atoms with Crippen molar-refractivity contribution >= 4 is 23.3 Å². The summed E-state index contributed by atoms with van der Waals surface area (Å²) in [6.07, 6.45) is 3.25. The number of aromatic hydroxyl groups is 1. The summed E-state index contributed by atoms with van der Waals surface area (Å²) in [6, 6.07) is 9.88. The molecule has 1 aliphatic heterocycles. The number of carbonyl (C=O) groups is 2. The average Bonchev–Trinajstić information content (AvgIpc) is 2.62. The van der Waals surface area contributed by atoms with Crippen LogP contribution in [0.25, 0.3) is 0 Å². The maximum absolute atomic E-state index is 12.2. The van der Waals surface area contributed by atoms with Gasteiger partial charge in [-0.3, -0.25) is 9.59 Å². The molecule has 1 atom stereocenters. The van der Waals surface area contributed by atoms with Crippen LogP contribution in [0.1, 0.15) is 23.2 Å². The lowest BCUT2D eigenvalue weighted by molar-refractivity contribution is -0.122. The summed E-state index contributed by atoms with van der Waals surface area (Å²) in [7, 11) is 0. The van der Waals surface area contributed by atoms with Crippen molar-refractivity contribution < 1.29 is 14.7 Å². The summed E-state index contributed by atoms with van der Waals surface area (Å²) in [4.78, 5) is 29.9. The van der Waals surface area contributed by atoms with Crippen LogP contribution in [0.3, 0.4) is 0 Å². The molecule has 2 amide bonds. The van der Waals surface area contributed by atoms with Crippen molar-refractivity contribution in [2.45, 2.75) is 12.8 Å². The molecule has 25 heavy (non-hydrogen) atoms. The van der Waals surface area contributed by atoms with E-state index in [-0.39, 0.29) is 23.1 Å². The predicted molar refractivity (Wildman–Crippen MR) is 94.4 cm³/mol. The number of nitrogens with two attached hydrogens (primary N) is 1. The molecule has 1 saturated heterocycles. The van der Waals surface area contributed by atoms with Crippen molar-refractivity contribution in [2.24, 2.45) is 11.7 Å². The summed E-state index contributed by atoms with van der Waals surface area (Å²) in [5.41, 5.74) is 6.13. The monoisotopic (exact) mass is 340 g/mol. The Kier molecular flexibility index (Phi) is 4.83. The highest BCUT2D eigenvalue weighted by atomic mass is 16.3. The topological polar surface area (TPSA) is 109 Å². The summed E-state index contributed by atoms with van der Waals surface area (Å²) >= 11 is 0. The van der Waals surface area contributed by atoms with Gasteiger partial charge in [-0.25, -0.2) is 4.98 Å². The van der Waals surface area contributed by atoms with Gasteiger partial charge in [-0.15, -0.1) is 0 Å². The number of pyridine rings is 1. The molecule has 130 valence electrons. The van der Waals surface area contributed by atoms with Gasteiger partial charge in [0, 0.05) is 13.1 Å². The molecule has 2 aromatic rings. The Hall–Kier alpha value is -3.09. The van der Waals surface area contributed by atoms with Gasteiger partial charge in [-0.1, -0.05) is 12.1 Å². The molecule has 0 unspecified atom stereocenters. The first-order valence-corrected chi connectivity index (χ1v) is 8.14. The van der Waals surface area contributed by atoms with Gasteiger partial charge in [-0.05, 0) is 37.1 Å². The number of carbonyl (C=O) groups excluding carboxylic acids is 2. The standard InChI is InChI=1S/C18H20N4O3/c19-17(24)12-4-3-9-22(11-12)16-8-7-13(10-20-16)21-18(25)14-5-1-2-6-15(14)23/h1-2,5-8,10,12,23H,3-4,9,11H2,(H2,19,24)(H,21,25)/t12-/m0/s1. The minimum Gasteiger partial charge on any atom is -0.507 e. The largest absolute Gasteiger partial charge is 0.507 e. The predicted octanol–water partition coefficient (Wildman–Crippen LogP) is 1.74. The zero-order valence-electron chi connectivity index (χ0n) is 13.7. The highest BCUT2D eigenvalue weighted by molar-refractivity contribution is 6.06. The molecule has 1 aliphatic rings. The molecule has 1 aromatic heterocycles. The Balaban J connectivity index is 1.67. The van der Waals surface area contributed by atoms with Crippen LogP contribution < -0.4 is 16.0 Å². The first kappa shape index (κ1) is 16.8. The highest BCUT2D eigenvalue weighted by Crippen LogP contribution is 2.23. The van der Waals surface area contributed by atoms with Crippen LogP contribution in [0.15, 0.2) is 42.6 Å². The summed E-state index contributed by atoms with van der Waals surface area (Å²) in [5.74, 6) is -0.173. The third kappa shape index (κ3) is 3.88. The number of aromatic nitrogens is 1. The summed E-state index contributed by atoms with van der Waals surface area (Å²) in [5, 5.41) is 12.4. The van der Waals surface area contributed by atoms with Gasteiger partial charge in [0.2, 0.25) is 5.91 Å². The van der Waals surface area contributed by atoms with Gasteiger partial charge in [0.25, 0.3) is 5.91 Å². The number of rotatable bonds is 4. The molecular weight excluding hydrogens is 320 g/mol. The number of amides is 2. The molecule has 2 heterocycles. The van der Waals surface area contributed by atoms with Crippen molar-refractivity contribution in [1.82, 2.24) is 4.98 Å². The number of hydrogen-bond donors (Lipinski definition) is 3. The number of phenols is 1. The number of phenolic OH excluding ortho intramolecular Hbond substituents is 1. The Labute approximate surface area is 145 Å². The van der Waals surface area contributed by atoms with E-state index < -0.39 is 5.91 Å². The molecule has 1 fully saturated rings. The van der Waals surface area contributed by atoms with E-state index in [1.54, 1.807) is 36.5 Å². The molecule has 1 aromatic carbocycles. The number of benzene rings is 1. The zero-order valence-corrected chi connectivity index (χ0v) is 13.7. The molecule has 3 rings (SSSR count). The summed E-state index contributed by atoms with van der Waals surface area (Å²) in [6.45, 7) is 1.38. The van der Waals surface area contributed by atoms with Gasteiger partial charge in [-0.2, -0.15) is 0 Å². The molecular formula is C18H20N4O3. The van der Waals surface area contributed by atoms with Gasteiger partial charge in [0.15, 0.2) is 0 Å². The minimum atomic E-state index is -0.403. The number of primary amides is 1. The maximum atomic E-state index is 12.2. The minimum absolute atomic E-state index is 0.0737. The SMILES string of the molecule is NC(=O)[C@H]1CCCN(c2ccc(NC(=O)c3ccccc3O)cn2)C1. The van der Waals surface area contributed by atoms with Crippen LogP contribution in [0, 0.1) is 5.92 Å². The number of nitrogens with one attached hydrogen (secondary N) is 1. The molecule has 7 heteroatoms. The van der Waals surface area contributed by atoms with Crippen molar-refractivity contribution in [2.75, 3.05) is 23.3 Å². The number of piperidine rings is 1. The van der Waals surface area contributed by atoms with E-state index in [1.807, 2.05) is 4.90 Å². The molecule has 0 radical (unpaired) electrons. The Morgan fingerprint density at radius 2 is 2.04 bits per heavy atom. The average molecular weight is 340 g/mol. The van der Waals surface area contributed by atoms with Crippen LogP contribution in [0.5, 0.6) is 5.75 Å². The second-order valence-corrected chi connectivity index (χ2v) is 6.06. The van der Waals surface area contributed by atoms with Crippen molar-refractivity contribution in [3.05, 3.63) is 48.2 Å². The van der Waals surface area contributed by atoms with Crippen LogP contribution in [-0.4, -0.2) is 35.0 Å². The summed E-state index contributed by atoms with van der Waals surface area (Å²) < 4.78 is 0. The van der Waals surface area contributed by atoms with Crippen molar-refractivity contribution in [1.29, 1.82) is 0 Å². The molecule has 0 aliphatic carbocycles. The van der Waals surface area contributed by atoms with Gasteiger partial charge < -0.3 is 21.1 Å². The van der Waals surface area contributed by atoms with E-state index in [4.69, 9.17) is 5.73 Å². The van der Waals surface area contributed by atoms with Crippen molar-refractivity contribution in [3.63, 3.8) is 0 Å². The van der Waals surface area contributed by atoms with Crippen LogP contribution in [-0.2, 0) is 4.79 Å². The Morgan fingerprint density at radius 3 is 2.72 bits per heavy atom. The lowest BCUT2D eigenvalue weighted by atomic mass is 9.97. The van der Waals surface area contributed by atoms with E-state index >= 15 is 0 Å². The molecule has 7 nitrogen and oxygen atoms in total. The number of para-hydroxylation sites is 1. The number of nitrogens with zero attached hydrogens (tertiary/aromatic N) is 2. The van der Waals surface area contributed by atoms with E-state index in [0.29, 0.717) is 12.2 Å². The molecule has 4 N–H and O–H groups in total. The fourth-order valence-electron chi connectivity index (χ4n) is 2.93. The van der Waals surface area contributed by atoms with Crippen LogP contribution in [0.4, 0.5) is 11.5 Å². The lowest BCUT2D eigenvalue weighted by Gasteiger charge is -2.32. The van der Waals surface area contributed by atoms with E-state index in [2.05, 4.69) is 10.3 Å².